The van der Waals surface area contributed by atoms with Gasteiger partial charge in [-0.1, -0.05) is 6.92 Å². The van der Waals surface area contributed by atoms with E-state index in [0.717, 1.165) is 6.42 Å². The van der Waals surface area contributed by atoms with Crippen molar-refractivity contribution >= 4 is 12.4 Å². The van der Waals surface area contributed by atoms with Crippen LogP contribution >= 0.6 is 12.4 Å². The third-order valence-corrected chi connectivity index (χ3v) is 0. The second kappa shape index (κ2) is 20.3. The van der Waals surface area contributed by atoms with Crippen molar-refractivity contribution in [2.24, 2.45) is 0 Å². The Hall–Kier alpha value is 0.952. The van der Waals surface area contributed by atoms with Gasteiger partial charge in [-0.2, -0.15) is 6.42 Å². The number of halogens is 1. The molecule has 0 amide bonds. The molecule has 5 heavy (non-hydrogen) atoms. The fourth-order valence-electron chi connectivity index (χ4n) is 0. The third-order valence-electron chi connectivity index (χ3n) is 0. The molecular weight excluding hydrogens is 178 g/mol. The summed E-state index contributed by atoms with van der Waals surface area (Å²) in [6.07, 6.45) is 1.00. The van der Waals surface area contributed by atoms with Crippen LogP contribution < -0.4 is 0 Å². The van der Waals surface area contributed by atoms with Gasteiger partial charge in [0.1, 0.15) is 0 Å². The van der Waals surface area contributed by atoms with E-state index in [1.807, 2.05) is 6.92 Å². The predicted octanol–water partition coefficient (Wildman–Crippen LogP) is 1.65. The Morgan fingerprint density at radius 2 is 1.60 bits per heavy atom. The maximum Gasteiger partial charge on any atom is 0 e. The van der Waals surface area contributed by atoms with E-state index in [0.29, 0.717) is 0 Å². The van der Waals surface area contributed by atoms with Crippen LogP contribution in [-0.4, -0.2) is 0 Å². The predicted molar refractivity (Wildman–Crippen MR) is 22.9 cm³/mol. The molecule has 0 aromatic rings. The average molecular weight is 186 g/mol. The molecule has 0 aliphatic carbocycles. The Morgan fingerprint density at radius 1 is 1.60 bits per heavy atom. The fourth-order valence-corrected chi connectivity index (χ4v) is 0. The Labute approximate surface area is 53.4 Å². The van der Waals surface area contributed by atoms with E-state index in [2.05, 4.69) is 6.92 Å². The monoisotopic (exact) mass is 185 g/mol. The second-order valence-electron chi connectivity index (χ2n) is 0.500. The van der Waals surface area contributed by atoms with Gasteiger partial charge in [-0.25, -0.2) is 0 Å². The summed E-state index contributed by atoms with van der Waals surface area (Å²) in [4.78, 5) is 0. The van der Waals surface area contributed by atoms with Crippen LogP contribution in [0.4, 0.5) is 0 Å². The normalized spacial score (nSPS) is 3.60. The SMILES string of the molecule is Cl.[CH2-]CC.[Pd]. The van der Waals surface area contributed by atoms with Crippen molar-refractivity contribution in [1.29, 1.82) is 0 Å². The van der Waals surface area contributed by atoms with Crippen LogP contribution in [-0.2, 0) is 20.4 Å². The Balaban J connectivity index is -0.0000000200. The fraction of sp³-hybridized carbons (Fsp3) is 0.667. The first-order chi connectivity index (χ1) is 1.41. The molecular formula is C3H8ClPd-. The maximum atomic E-state index is 3.49. The summed E-state index contributed by atoms with van der Waals surface area (Å²) in [5, 5.41) is 0. The molecule has 0 nitrogen and oxygen atoms in total. The average Bonchev–Trinajstić information content (AvgIpc) is 0.918. The van der Waals surface area contributed by atoms with Crippen molar-refractivity contribution in [3.63, 3.8) is 0 Å². The molecule has 0 atom stereocenters. The number of hydrogen-bond acceptors (Lipinski definition) is 0. The molecule has 0 aliphatic heterocycles. The van der Waals surface area contributed by atoms with Crippen molar-refractivity contribution in [2.75, 3.05) is 0 Å². The zero-order valence-corrected chi connectivity index (χ0v) is 5.51. The van der Waals surface area contributed by atoms with Crippen LogP contribution in [0.5, 0.6) is 0 Å². The number of rotatable bonds is 0. The van der Waals surface area contributed by atoms with E-state index in [9.17, 15) is 0 Å². The van der Waals surface area contributed by atoms with E-state index < -0.39 is 0 Å². The van der Waals surface area contributed by atoms with Gasteiger partial charge in [0, 0.05) is 20.4 Å². The van der Waals surface area contributed by atoms with Crippen LogP contribution in [0, 0.1) is 6.92 Å². The molecule has 0 unspecified atom stereocenters. The van der Waals surface area contributed by atoms with Crippen molar-refractivity contribution in [3.8, 4) is 0 Å². The molecule has 38 valence electrons. The minimum absolute atomic E-state index is 0. The molecule has 0 bridgehead atoms. The van der Waals surface area contributed by atoms with Gasteiger partial charge in [-0.3, -0.25) is 0 Å². The molecule has 0 aromatic carbocycles. The number of hydrogen-bond donors (Lipinski definition) is 0. The summed E-state index contributed by atoms with van der Waals surface area (Å²) in [6.45, 7) is 5.50. The van der Waals surface area contributed by atoms with Gasteiger partial charge in [0.2, 0.25) is 0 Å². The van der Waals surface area contributed by atoms with Crippen molar-refractivity contribution in [3.05, 3.63) is 6.92 Å². The van der Waals surface area contributed by atoms with Gasteiger partial charge in [0.05, 0.1) is 0 Å². The van der Waals surface area contributed by atoms with Crippen molar-refractivity contribution in [2.45, 2.75) is 13.3 Å². The van der Waals surface area contributed by atoms with Gasteiger partial charge in [-0.05, 0) is 0 Å². The van der Waals surface area contributed by atoms with Crippen LogP contribution in [0.2, 0.25) is 0 Å². The van der Waals surface area contributed by atoms with Gasteiger partial charge in [0.25, 0.3) is 0 Å². The van der Waals surface area contributed by atoms with Crippen molar-refractivity contribution < 1.29 is 20.4 Å². The van der Waals surface area contributed by atoms with Gasteiger partial charge in [-0.15, -0.1) is 12.4 Å². The zero-order chi connectivity index (χ0) is 2.71. The van der Waals surface area contributed by atoms with Crippen LogP contribution in [0.25, 0.3) is 0 Å². The Morgan fingerprint density at radius 3 is 1.60 bits per heavy atom. The molecule has 0 saturated carbocycles. The van der Waals surface area contributed by atoms with Crippen molar-refractivity contribution in [1.82, 2.24) is 0 Å². The summed E-state index contributed by atoms with van der Waals surface area (Å²) in [5.41, 5.74) is 0. The summed E-state index contributed by atoms with van der Waals surface area (Å²) in [5.74, 6) is 0. The Bertz CT molecular complexity index is 6.85. The van der Waals surface area contributed by atoms with E-state index in [1.54, 1.807) is 0 Å². The van der Waals surface area contributed by atoms with Crippen LogP contribution in [0.3, 0.4) is 0 Å². The third kappa shape index (κ3) is 47.6. The molecule has 0 N–H and O–H groups in total. The molecule has 0 spiro atoms. The van der Waals surface area contributed by atoms with Gasteiger partial charge >= 0.3 is 0 Å². The molecule has 0 fully saturated rings. The smallest absolute Gasteiger partial charge is 0 e. The first-order valence-corrected chi connectivity index (χ1v) is 1.21. The van der Waals surface area contributed by atoms with E-state index in [1.165, 1.54) is 0 Å². The van der Waals surface area contributed by atoms with Gasteiger partial charge < -0.3 is 6.92 Å². The molecule has 0 rings (SSSR count). The van der Waals surface area contributed by atoms with Crippen LogP contribution in [0.15, 0.2) is 0 Å². The van der Waals surface area contributed by atoms with E-state index in [-0.39, 0.29) is 32.8 Å². The quantitative estimate of drug-likeness (QED) is 0.398. The van der Waals surface area contributed by atoms with E-state index >= 15 is 0 Å². The van der Waals surface area contributed by atoms with Crippen LogP contribution in [0.1, 0.15) is 13.3 Å². The first kappa shape index (κ1) is 16.7. The summed E-state index contributed by atoms with van der Waals surface area (Å²) >= 11 is 0. The zero-order valence-electron chi connectivity index (χ0n) is 3.14. The molecule has 0 heterocycles. The molecule has 2 heteroatoms. The standard InChI is InChI=1S/C3H7.ClH.Pd/c1-3-2;;/h1,3H2,2H3;1H;/q-1;;. The minimum atomic E-state index is 0. The second-order valence-corrected chi connectivity index (χ2v) is 0.500. The molecule has 0 saturated heterocycles. The van der Waals surface area contributed by atoms with Gasteiger partial charge in [0.15, 0.2) is 0 Å². The minimum Gasteiger partial charge on any atom is -0.344 e. The largest absolute Gasteiger partial charge is 0.344 e. The van der Waals surface area contributed by atoms with E-state index in [4.69, 9.17) is 0 Å². The topological polar surface area (TPSA) is 0 Å². The first-order valence-electron chi connectivity index (χ1n) is 1.21. The summed E-state index contributed by atoms with van der Waals surface area (Å²) in [7, 11) is 0. The Kier molecular flexibility index (Phi) is 68.0. The molecule has 0 aromatic heterocycles. The molecule has 0 aliphatic rings. The molecule has 0 radical (unpaired) electrons. The summed E-state index contributed by atoms with van der Waals surface area (Å²) < 4.78 is 0. The summed E-state index contributed by atoms with van der Waals surface area (Å²) in [6, 6.07) is 0. The maximum absolute atomic E-state index is 3.49.